The Kier molecular flexibility index (Phi) is 6.83. The van der Waals surface area contributed by atoms with E-state index in [1.54, 1.807) is 11.3 Å². The normalized spacial score (nSPS) is 12.2. The van der Waals surface area contributed by atoms with E-state index in [2.05, 4.69) is 22.4 Å². The molecule has 2 aromatic heterocycles. The van der Waals surface area contributed by atoms with Crippen LogP contribution in [0.1, 0.15) is 10.4 Å². The molecule has 3 rings (SSSR count). The molecule has 0 amide bonds. The highest BCUT2D eigenvalue weighted by Gasteiger charge is 2.10. The van der Waals surface area contributed by atoms with Crippen molar-refractivity contribution in [3.8, 4) is 0 Å². The third-order valence-electron chi connectivity index (χ3n) is 3.24. The van der Waals surface area contributed by atoms with Gasteiger partial charge in [0.2, 0.25) is 5.13 Å². The van der Waals surface area contributed by atoms with Crippen LogP contribution >= 0.6 is 34.4 Å². The zero-order chi connectivity index (χ0) is 17.5. The summed E-state index contributed by atoms with van der Waals surface area (Å²) in [6, 6.07) is 12.1. The van der Waals surface area contributed by atoms with Crippen molar-refractivity contribution < 1.29 is 9.84 Å². The average Bonchev–Trinajstić information content (AvgIpc) is 3.27. The Balaban J connectivity index is 1.39. The van der Waals surface area contributed by atoms with Crippen LogP contribution in [0.25, 0.3) is 0 Å². The van der Waals surface area contributed by atoms with E-state index in [9.17, 15) is 5.11 Å². The summed E-state index contributed by atoms with van der Waals surface area (Å²) in [5.41, 5.74) is 2.20. The molecule has 2 N–H and O–H groups in total. The fraction of sp³-hybridized carbons (Fsp3) is 0.294. The van der Waals surface area contributed by atoms with E-state index in [0.29, 0.717) is 19.0 Å². The number of hydrogen-bond acceptors (Lipinski definition) is 8. The van der Waals surface area contributed by atoms with Gasteiger partial charge in [0.15, 0.2) is 4.34 Å². The molecule has 0 spiro atoms. The number of nitrogens with zero attached hydrogens (tertiary/aromatic N) is 2. The van der Waals surface area contributed by atoms with Crippen molar-refractivity contribution in [3.05, 3.63) is 52.2 Å². The summed E-state index contributed by atoms with van der Waals surface area (Å²) in [4.78, 5) is 1.16. The van der Waals surface area contributed by atoms with Gasteiger partial charge in [0.1, 0.15) is 0 Å². The first-order valence-electron chi connectivity index (χ1n) is 7.77. The minimum atomic E-state index is -0.526. The first-order valence-corrected chi connectivity index (χ1v) is 10.5. The Labute approximate surface area is 159 Å². The number of thioether (sulfide) groups is 1. The van der Waals surface area contributed by atoms with Gasteiger partial charge >= 0.3 is 0 Å². The smallest absolute Gasteiger partial charge is 0.210 e. The Bertz CT molecular complexity index is 760. The maximum atomic E-state index is 10.0. The lowest BCUT2D eigenvalue weighted by atomic mass is 10.2. The molecule has 0 aliphatic rings. The first-order chi connectivity index (χ1) is 12.2. The molecule has 25 heavy (non-hydrogen) atoms. The molecule has 8 heteroatoms. The van der Waals surface area contributed by atoms with Crippen LogP contribution < -0.4 is 5.32 Å². The van der Waals surface area contributed by atoms with E-state index in [1.807, 2.05) is 41.8 Å². The van der Waals surface area contributed by atoms with Crippen LogP contribution in [-0.2, 0) is 11.3 Å². The topological polar surface area (TPSA) is 67.3 Å². The number of aliphatic hydroxyl groups excluding tert-OH is 1. The monoisotopic (exact) mass is 393 g/mol. The number of thiophene rings is 1. The van der Waals surface area contributed by atoms with E-state index in [-0.39, 0.29) is 0 Å². The molecule has 0 radical (unpaired) electrons. The molecule has 2 heterocycles. The largest absolute Gasteiger partial charge is 0.390 e. The van der Waals surface area contributed by atoms with Crippen LogP contribution in [0, 0.1) is 6.92 Å². The highest BCUT2D eigenvalue weighted by molar-refractivity contribution is 8.01. The second kappa shape index (κ2) is 9.30. The summed E-state index contributed by atoms with van der Waals surface area (Å²) in [6.07, 6.45) is -0.526. The fourth-order valence-corrected chi connectivity index (χ4v) is 4.33. The number of benzene rings is 1. The maximum Gasteiger partial charge on any atom is 0.210 e. The number of aryl methyl sites for hydroxylation is 1. The van der Waals surface area contributed by atoms with E-state index in [0.717, 1.165) is 20.0 Å². The Morgan fingerprint density at radius 2 is 2.08 bits per heavy atom. The number of nitrogens with one attached hydrogen (secondary N) is 1. The predicted molar refractivity (Wildman–Crippen MR) is 105 cm³/mol. The zero-order valence-corrected chi connectivity index (χ0v) is 16.2. The van der Waals surface area contributed by atoms with Gasteiger partial charge in [0.05, 0.1) is 19.3 Å². The average molecular weight is 394 g/mol. The van der Waals surface area contributed by atoms with Gasteiger partial charge in [0, 0.05) is 16.3 Å². The van der Waals surface area contributed by atoms with Gasteiger partial charge in [-0.25, -0.2) is 0 Å². The Morgan fingerprint density at radius 1 is 1.24 bits per heavy atom. The second-order valence-corrected chi connectivity index (χ2v) is 8.70. The molecule has 0 unspecified atom stereocenters. The van der Waals surface area contributed by atoms with Crippen LogP contribution in [0.4, 0.5) is 10.8 Å². The number of aromatic nitrogens is 2. The Morgan fingerprint density at radius 3 is 2.84 bits per heavy atom. The molecule has 3 aromatic rings. The highest BCUT2D eigenvalue weighted by atomic mass is 32.2. The molecule has 0 bridgehead atoms. The second-order valence-electron chi connectivity index (χ2n) is 5.42. The van der Waals surface area contributed by atoms with Crippen molar-refractivity contribution in [3.63, 3.8) is 0 Å². The van der Waals surface area contributed by atoms with Crippen LogP contribution in [0.2, 0.25) is 0 Å². The number of ether oxygens (including phenoxy) is 1. The molecule has 5 nitrogen and oxygen atoms in total. The maximum absolute atomic E-state index is 10.0. The molecule has 0 aliphatic heterocycles. The van der Waals surface area contributed by atoms with Gasteiger partial charge < -0.3 is 15.2 Å². The molecule has 0 fully saturated rings. The lowest BCUT2D eigenvalue weighted by molar-refractivity contribution is 0.0409. The molecule has 0 aliphatic carbocycles. The molecule has 132 valence electrons. The number of rotatable bonds is 9. The number of anilines is 2. The van der Waals surface area contributed by atoms with Crippen molar-refractivity contribution in [2.75, 3.05) is 17.7 Å². The van der Waals surface area contributed by atoms with Gasteiger partial charge in [-0.05, 0) is 30.5 Å². The van der Waals surface area contributed by atoms with E-state index in [4.69, 9.17) is 4.74 Å². The van der Waals surface area contributed by atoms with Crippen LogP contribution in [0.15, 0.2) is 46.1 Å². The third-order valence-corrected chi connectivity index (χ3v) is 6.21. The first kappa shape index (κ1) is 18.3. The van der Waals surface area contributed by atoms with Gasteiger partial charge in [-0.1, -0.05) is 46.9 Å². The van der Waals surface area contributed by atoms with Crippen molar-refractivity contribution in [2.24, 2.45) is 0 Å². The standard InChI is InChI=1S/C17H19N3O2S3/c1-12-4-6-13(7-5-12)18-16-19-20-17(25-16)24-11-14(21)9-22-10-15-3-2-8-23-15/h2-8,14,21H,9-11H2,1H3,(H,18,19)/t14-/m1/s1. The summed E-state index contributed by atoms with van der Waals surface area (Å²) < 4.78 is 6.35. The van der Waals surface area contributed by atoms with E-state index in [1.165, 1.54) is 28.7 Å². The summed E-state index contributed by atoms with van der Waals surface area (Å²) in [6.45, 7) is 2.92. The molecular formula is C17H19N3O2S3. The van der Waals surface area contributed by atoms with Crippen molar-refractivity contribution in [1.82, 2.24) is 10.2 Å². The summed E-state index contributed by atoms with van der Waals surface area (Å²) in [7, 11) is 0. The van der Waals surface area contributed by atoms with Crippen LogP contribution in [-0.4, -0.2) is 33.8 Å². The molecule has 0 saturated carbocycles. The Hall–Kier alpha value is -1.45. The SMILES string of the molecule is Cc1ccc(Nc2nnc(SC[C@H](O)COCc3cccs3)s2)cc1. The molecule has 1 atom stereocenters. The van der Waals surface area contributed by atoms with Gasteiger partial charge in [-0.2, -0.15) is 0 Å². The van der Waals surface area contributed by atoms with Crippen molar-refractivity contribution in [2.45, 2.75) is 24.0 Å². The summed E-state index contributed by atoms with van der Waals surface area (Å²) in [5, 5.41) is 24.3. The number of hydrogen-bond donors (Lipinski definition) is 2. The van der Waals surface area contributed by atoms with Gasteiger partial charge in [-0.3, -0.25) is 0 Å². The molecule has 1 aromatic carbocycles. The van der Waals surface area contributed by atoms with E-state index < -0.39 is 6.10 Å². The minimum absolute atomic E-state index is 0.318. The summed E-state index contributed by atoms with van der Waals surface area (Å²) >= 11 is 4.62. The third kappa shape index (κ3) is 6.09. The molecule has 0 saturated heterocycles. The predicted octanol–water partition coefficient (Wildman–Crippen LogP) is 4.32. The van der Waals surface area contributed by atoms with Crippen molar-refractivity contribution in [1.29, 1.82) is 0 Å². The molecular weight excluding hydrogens is 374 g/mol. The van der Waals surface area contributed by atoms with Crippen molar-refractivity contribution >= 4 is 45.3 Å². The minimum Gasteiger partial charge on any atom is -0.390 e. The quantitative estimate of drug-likeness (QED) is 0.528. The number of aliphatic hydroxyl groups is 1. The zero-order valence-electron chi connectivity index (χ0n) is 13.7. The van der Waals surface area contributed by atoms with Gasteiger partial charge in [0.25, 0.3) is 0 Å². The highest BCUT2D eigenvalue weighted by Crippen LogP contribution is 2.28. The lowest BCUT2D eigenvalue weighted by Crippen LogP contribution is -2.17. The van der Waals surface area contributed by atoms with Crippen LogP contribution in [0.3, 0.4) is 0 Å². The van der Waals surface area contributed by atoms with Crippen LogP contribution in [0.5, 0.6) is 0 Å². The summed E-state index contributed by atoms with van der Waals surface area (Å²) in [5.74, 6) is 0.531. The fourth-order valence-electron chi connectivity index (χ4n) is 1.98. The van der Waals surface area contributed by atoms with E-state index >= 15 is 0 Å². The lowest BCUT2D eigenvalue weighted by Gasteiger charge is -2.09. The van der Waals surface area contributed by atoms with Gasteiger partial charge in [-0.15, -0.1) is 21.5 Å².